The van der Waals surface area contributed by atoms with Gasteiger partial charge >= 0.3 is 0 Å². The Hall–Kier alpha value is -1.37. The maximum Gasteiger partial charge on any atom is 0.122 e. The van der Waals surface area contributed by atoms with E-state index in [1.54, 1.807) is 0 Å². The van der Waals surface area contributed by atoms with E-state index in [1.807, 2.05) is 25.4 Å². The summed E-state index contributed by atoms with van der Waals surface area (Å²) in [4.78, 5) is 6.76. The van der Waals surface area contributed by atoms with Gasteiger partial charge in [0.2, 0.25) is 0 Å². The third kappa shape index (κ3) is 11.9. The van der Waals surface area contributed by atoms with Crippen molar-refractivity contribution in [2.75, 3.05) is 13.1 Å². The Morgan fingerprint density at radius 3 is 2.35 bits per heavy atom. The molecule has 2 heterocycles. The monoisotopic (exact) mass is 468 g/mol. The van der Waals surface area contributed by atoms with Crippen molar-refractivity contribution in [1.29, 1.82) is 0 Å². The Kier molecular flexibility index (Phi) is 13.2. The van der Waals surface area contributed by atoms with Crippen molar-refractivity contribution in [3.05, 3.63) is 30.1 Å². The molecular formula is C31H52N2O. The Balaban J connectivity index is 1.65. The fraction of sp³-hybridized carbons (Fsp3) is 0.774. The standard InChI is InChI=1S/C31H52N2O/c1-26(2)13-8-14-27(3)15-9-16-28(4)17-10-20-31(5,34)21-12-24-33-23-7-6-19-30(33)29-18-11-22-32-25-29/h11,18,22,25-28,30,34H,6-10,13-17,19-20,23-24H2,1-5H3/t27-,28+,30+,31+/m0/s1. The molecule has 1 fully saturated rings. The highest BCUT2D eigenvalue weighted by Gasteiger charge is 2.23. The van der Waals surface area contributed by atoms with Crippen LogP contribution in [0.2, 0.25) is 0 Å². The van der Waals surface area contributed by atoms with Gasteiger partial charge in [-0.15, -0.1) is 0 Å². The summed E-state index contributed by atoms with van der Waals surface area (Å²) in [5, 5.41) is 10.8. The minimum Gasteiger partial charge on any atom is -0.378 e. The van der Waals surface area contributed by atoms with Gasteiger partial charge in [0.1, 0.15) is 5.60 Å². The Bertz CT molecular complexity index is 718. The molecule has 0 bridgehead atoms. The van der Waals surface area contributed by atoms with Crippen LogP contribution in [0.15, 0.2) is 24.5 Å². The first-order valence-corrected chi connectivity index (χ1v) is 14.1. The van der Waals surface area contributed by atoms with Crippen LogP contribution in [-0.2, 0) is 0 Å². The van der Waals surface area contributed by atoms with Crippen molar-refractivity contribution in [2.24, 2.45) is 17.8 Å². The zero-order chi connectivity index (χ0) is 24.8. The highest BCUT2D eigenvalue weighted by Crippen LogP contribution is 2.30. The van der Waals surface area contributed by atoms with E-state index in [-0.39, 0.29) is 0 Å². The predicted octanol–water partition coefficient (Wildman–Crippen LogP) is 7.80. The van der Waals surface area contributed by atoms with Crippen LogP contribution in [0.4, 0.5) is 0 Å². The fourth-order valence-electron chi connectivity index (χ4n) is 5.30. The molecule has 0 aliphatic carbocycles. The molecule has 1 aliphatic heterocycles. The number of likely N-dealkylation sites (tertiary alicyclic amines) is 1. The van der Waals surface area contributed by atoms with Crippen molar-refractivity contribution < 1.29 is 5.11 Å². The van der Waals surface area contributed by atoms with E-state index in [1.165, 1.54) is 69.8 Å². The molecule has 0 radical (unpaired) electrons. The lowest BCUT2D eigenvalue weighted by Gasteiger charge is -2.34. The van der Waals surface area contributed by atoms with Gasteiger partial charge in [0.15, 0.2) is 0 Å². The number of pyridine rings is 1. The summed E-state index contributed by atoms with van der Waals surface area (Å²) in [5.41, 5.74) is 0.402. The van der Waals surface area contributed by atoms with Crippen molar-refractivity contribution in [3.8, 4) is 11.8 Å². The van der Waals surface area contributed by atoms with Gasteiger partial charge in [-0.1, -0.05) is 97.0 Å². The SMILES string of the molecule is CC(C)CCC[C@H](C)CCC[C@@H](C)CCC[C@@](C)(O)C#CCN1CCCC[C@@H]1c1cccnc1. The normalized spacial score (nSPS) is 20.4. The molecular weight excluding hydrogens is 416 g/mol. The summed E-state index contributed by atoms with van der Waals surface area (Å²) in [6.45, 7) is 13.1. The lowest BCUT2D eigenvalue weighted by Crippen LogP contribution is -2.34. The molecule has 34 heavy (non-hydrogen) atoms. The second-order valence-electron chi connectivity index (χ2n) is 11.7. The third-order valence-electron chi connectivity index (χ3n) is 7.56. The highest BCUT2D eigenvalue weighted by molar-refractivity contribution is 5.17. The van der Waals surface area contributed by atoms with Gasteiger partial charge in [-0.2, -0.15) is 0 Å². The van der Waals surface area contributed by atoms with E-state index < -0.39 is 5.60 Å². The Morgan fingerprint density at radius 1 is 1.03 bits per heavy atom. The maximum atomic E-state index is 10.8. The number of hydrogen-bond donors (Lipinski definition) is 1. The zero-order valence-corrected chi connectivity index (χ0v) is 22.9. The number of rotatable bonds is 14. The van der Waals surface area contributed by atoms with E-state index in [4.69, 9.17) is 0 Å². The molecule has 0 amide bonds. The van der Waals surface area contributed by atoms with Crippen molar-refractivity contribution >= 4 is 0 Å². The minimum atomic E-state index is -0.885. The molecule has 1 aliphatic rings. The van der Waals surface area contributed by atoms with Gasteiger partial charge in [-0.05, 0) is 68.5 Å². The topological polar surface area (TPSA) is 36.4 Å². The summed E-state index contributed by atoms with van der Waals surface area (Å²) in [6, 6.07) is 4.60. The molecule has 0 unspecified atom stereocenters. The predicted molar refractivity (Wildman–Crippen MR) is 146 cm³/mol. The van der Waals surface area contributed by atoms with Gasteiger partial charge in [0.05, 0.1) is 6.54 Å². The smallest absolute Gasteiger partial charge is 0.122 e. The molecule has 0 spiro atoms. The van der Waals surface area contributed by atoms with Gasteiger partial charge in [0.25, 0.3) is 0 Å². The fourth-order valence-corrected chi connectivity index (χ4v) is 5.30. The van der Waals surface area contributed by atoms with Gasteiger partial charge < -0.3 is 5.11 Å². The number of aromatic nitrogens is 1. The summed E-state index contributed by atoms with van der Waals surface area (Å²) in [6.07, 6.45) is 18.6. The van der Waals surface area contributed by atoms with Crippen LogP contribution in [0, 0.1) is 29.6 Å². The van der Waals surface area contributed by atoms with E-state index in [9.17, 15) is 5.11 Å². The first kappa shape index (κ1) is 28.9. The number of nitrogens with zero attached hydrogens (tertiary/aromatic N) is 2. The number of aliphatic hydroxyl groups is 1. The van der Waals surface area contributed by atoms with Crippen LogP contribution in [0.5, 0.6) is 0 Å². The molecule has 1 N–H and O–H groups in total. The van der Waals surface area contributed by atoms with Gasteiger partial charge in [-0.25, -0.2) is 0 Å². The van der Waals surface area contributed by atoms with Crippen LogP contribution >= 0.6 is 0 Å². The van der Waals surface area contributed by atoms with E-state index >= 15 is 0 Å². The molecule has 1 saturated heterocycles. The average Bonchev–Trinajstić information content (AvgIpc) is 2.79. The number of piperidine rings is 1. The molecule has 1 aromatic heterocycles. The zero-order valence-electron chi connectivity index (χ0n) is 22.9. The summed E-state index contributed by atoms with van der Waals surface area (Å²) in [5.74, 6) is 8.93. The summed E-state index contributed by atoms with van der Waals surface area (Å²) < 4.78 is 0. The van der Waals surface area contributed by atoms with Crippen molar-refractivity contribution in [3.63, 3.8) is 0 Å². The largest absolute Gasteiger partial charge is 0.378 e. The molecule has 0 aromatic carbocycles. The number of hydrogen-bond acceptors (Lipinski definition) is 3. The second-order valence-corrected chi connectivity index (χ2v) is 11.7. The molecule has 3 nitrogen and oxygen atoms in total. The average molecular weight is 469 g/mol. The van der Waals surface area contributed by atoms with Gasteiger partial charge in [0, 0.05) is 18.4 Å². The third-order valence-corrected chi connectivity index (χ3v) is 7.56. The Labute approximate surface area is 211 Å². The van der Waals surface area contributed by atoms with Gasteiger partial charge in [-0.3, -0.25) is 9.88 Å². The first-order chi connectivity index (χ1) is 16.3. The van der Waals surface area contributed by atoms with Crippen molar-refractivity contribution in [2.45, 2.75) is 123 Å². The van der Waals surface area contributed by atoms with E-state index in [0.29, 0.717) is 6.04 Å². The van der Waals surface area contributed by atoms with Crippen molar-refractivity contribution in [1.82, 2.24) is 9.88 Å². The van der Waals surface area contributed by atoms with E-state index in [2.05, 4.69) is 55.5 Å². The maximum absolute atomic E-state index is 10.8. The molecule has 2 rings (SSSR count). The van der Waals surface area contributed by atoms with Crippen LogP contribution in [-0.4, -0.2) is 33.7 Å². The lowest BCUT2D eigenvalue weighted by atomic mass is 9.90. The minimum absolute atomic E-state index is 0.403. The van der Waals surface area contributed by atoms with Crippen LogP contribution < -0.4 is 0 Å². The summed E-state index contributed by atoms with van der Waals surface area (Å²) in [7, 11) is 0. The van der Waals surface area contributed by atoms with Crippen LogP contribution in [0.25, 0.3) is 0 Å². The van der Waals surface area contributed by atoms with Crippen LogP contribution in [0.3, 0.4) is 0 Å². The molecule has 0 saturated carbocycles. The Morgan fingerprint density at radius 2 is 1.71 bits per heavy atom. The summed E-state index contributed by atoms with van der Waals surface area (Å²) >= 11 is 0. The van der Waals surface area contributed by atoms with Crippen LogP contribution in [0.1, 0.15) is 123 Å². The highest BCUT2D eigenvalue weighted by atomic mass is 16.3. The first-order valence-electron chi connectivity index (χ1n) is 14.1. The van der Waals surface area contributed by atoms with E-state index in [0.717, 1.165) is 43.7 Å². The molecule has 4 atom stereocenters. The second kappa shape index (κ2) is 15.6. The molecule has 192 valence electrons. The quantitative estimate of drug-likeness (QED) is 0.283. The molecule has 1 aromatic rings. The molecule has 3 heteroatoms. The lowest BCUT2D eigenvalue weighted by molar-refractivity contribution is 0.107.